The van der Waals surface area contributed by atoms with Crippen molar-refractivity contribution in [3.63, 3.8) is 0 Å². The third-order valence-corrected chi connectivity index (χ3v) is 11.3. The van der Waals surface area contributed by atoms with Crippen molar-refractivity contribution in [3.8, 4) is 55.3 Å². The summed E-state index contributed by atoms with van der Waals surface area (Å²) in [5, 5.41) is 16.1. The fourth-order valence-electron chi connectivity index (χ4n) is 7.94. The third-order valence-electron chi connectivity index (χ3n) is 10.3. The summed E-state index contributed by atoms with van der Waals surface area (Å²) in [7, 11) is 0. The van der Waals surface area contributed by atoms with Crippen molar-refractivity contribution in [2.45, 2.75) is 0 Å². The summed E-state index contributed by atoms with van der Waals surface area (Å²) in [6.07, 6.45) is 0. The maximum atomic E-state index is 5.22. The third kappa shape index (κ3) is 5.09. The topological polar surface area (TPSA) is 61.4 Å². The van der Waals surface area contributed by atoms with E-state index in [4.69, 9.17) is 20.2 Å². The lowest BCUT2D eigenvalue weighted by Gasteiger charge is -2.12. The zero-order chi connectivity index (χ0) is 36.3. The Hall–Kier alpha value is -7.22. The van der Waals surface area contributed by atoms with Gasteiger partial charge < -0.3 is 4.57 Å². The molecule has 0 bridgehead atoms. The molecule has 7 aromatic carbocycles. The number of hydrogen-bond acceptors (Lipinski definition) is 5. The van der Waals surface area contributed by atoms with Gasteiger partial charge in [0.1, 0.15) is 10.0 Å². The van der Waals surface area contributed by atoms with Crippen molar-refractivity contribution >= 4 is 54.9 Å². The number of rotatable bonds is 6. The fraction of sp³-hybridized carbons (Fsp3) is 0. The number of aromatic nitrogens is 6. The van der Waals surface area contributed by atoms with E-state index < -0.39 is 0 Å². The van der Waals surface area contributed by atoms with Crippen LogP contribution in [0.25, 0.3) is 98.9 Å². The largest absolute Gasteiger partial charge is 0.309 e. The molecule has 0 fully saturated rings. The van der Waals surface area contributed by atoms with Crippen LogP contribution < -0.4 is 0 Å². The Morgan fingerprint density at radius 2 is 0.909 bits per heavy atom. The highest BCUT2D eigenvalue weighted by molar-refractivity contribution is 7.18. The summed E-state index contributed by atoms with van der Waals surface area (Å²) in [4.78, 5) is 10.4. The zero-order valence-electron chi connectivity index (χ0n) is 29.4. The minimum absolute atomic E-state index is 0.613. The first-order chi connectivity index (χ1) is 27.3. The van der Waals surface area contributed by atoms with Crippen molar-refractivity contribution < 1.29 is 0 Å². The number of para-hydroxylation sites is 4. The molecule has 0 N–H and O–H groups in total. The second-order valence-corrected chi connectivity index (χ2v) is 14.5. The van der Waals surface area contributed by atoms with Crippen molar-refractivity contribution in [1.82, 2.24) is 29.3 Å². The standard InChI is InChI=1S/C48H30N6S/c1-4-16-31(17-5-1)39-30-40(32-18-6-2-7-19-32)50-48(49-39)54-42-28-13-11-23-36(42)44-37(25-15-29-43(44)54)46-51-52-47(55-46)38-26-14-24-35-34-22-10-12-27-41(34)53(45(35)38)33-20-8-3-9-21-33/h1-30H. The molecule has 258 valence electrons. The lowest BCUT2D eigenvalue weighted by molar-refractivity contribution is 0.995. The number of fused-ring (bicyclic) bond motifs is 6. The molecule has 0 saturated heterocycles. The highest BCUT2D eigenvalue weighted by Gasteiger charge is 2.23. The summed E-state index contributed by atoms with van der Waals surface area (Å²) < 4.78 is 4.54. The van der Waals surface area contributed by atoms with Crippen LogP contribution in [0.15, 0.2) is 182 Å². The molecule has 0 atom stereocenters. The van der Waals surface area contributed by atoms with E-state index in [0.717, 1.165) is 82.2 Å². The molecular weight excluding hydrogens is 693 g/mol. The molecule has 0 unspecified atom stereocenters. The van der Waals surface area contributed by atoms with Crippen molar-refractivity contribution in [2.75, 3.05) is 0 Å². The summed E-state index contributed by atoms with van der Waals surface area (Å²) in [5.41, 5.74) is 11.3. The molecule has 6 nitrogen and oxygen atoms in total. The van der Waals surface area contributed by atoms with Gasteiger partial charge in [-0.2, -0.15) is 0 Å². The van der Waals surface area contributed by atoms with Crippen LogP contribution >= 0.6 is 11.3 Å². The van der Waals surface area contributed by atoms with Gasteiger partial charge in [0.2, 0.25) is 5.95 Å². The van der Waals surface area contributed by atoms with Crippen LogP contribution in [0.5, 0.6) is 0 Å². The van der Waals surface area contributed by atoms with Gasteiger partial charge in [-0.3, -0.25) is 4.57 Å². The predicted octanol–water partition coefficient (Wildman–Crippen LogP) is 12.2. The molecular formula is C48H30N6S. The summed E-state index contributed by atoms with van der Waals surface area (Å²) in [5.74, 6) is 0.613. The molecule has 7 heteroatoms. The predicted molar refractivity (Wildman–Crippen MR) is 226 cm³/mol. The molecule has 11 aromatic rings. The lowest BCUT2D eigenvalue weighted by Crippen LogP contribution is -2.04. The summed E-state index contributed by atoms with van der Waals surface area (Å²) >= 11 is 1.62. The number of nitrogens with zero attached hydrogens (tertiary/aromatic N) is 6. The molecule has 0 aliphatic heterocycles. The second-order valence-electron chi connectivity index (χ2n) is 13.5. The molecule has 4 aromatic heterocycles. The average Bonchev–Trinajstić information content (AvgIpc) is 3.98. The van der Waals surface area contributed by atoms with Crippen LogP contribution in [-0.2, 0) is 0 Å². The maximum Gasteiger partial charge on any atom is 0.235 e. The van der Waals surface area contributed by atoms with E-state index in [-0.39, 0.29) is 0 Å². The molecule has 55 heavy (non-hydrogen) atoms. The van der Waals surface area contributed by atoms with Crippen LogP contribution in [0.4, 0.5) is 0 Å². The molecule has 0 saturated carbocycles. The molecule has 11 rings (SSSR count). The minimum atomic E-state index is 0.613. The van der Waals surface area contributed by atoms with E-state index in [1.165, 1.54) is 10.8 Å². The Kier molecular flexibility index (Phi) is 7.25. The highest BCUT2D eigenvalue weighted by atomic mass is 32.1. The van der Waals surface area contributed by atoms with Gasteiger partial charge in [0.15, 0.2) is 0 Å². The Morgan fingerprint density at radius 1 is 0.400 bits per heavy atom. The molecule has 0 aliphatic rings. The van der Waals surface area contributed by atoms with E-state index >= 15 is 0 Å². The Morgan fingerprint density at radius 3 is 1.60 bits per heavy atom. The van der Waals surface area contributed by atoms with Crippen molar-refractivity contribution in [1.29, 1.82) is 0 Å². The normalized spacial score (nSPS) is 11.6. The van der Waals surface area contributed by atoms with Crippen LogP contribution in [-0.4, -0.2) is 29.3 Å². The number of benzene rings is 7. The SMILES string of the molecule is c1ccc(-c2cc(-c3ccccc3)nc(-n3c4ccccc4c4c(-c5nnc(-c6cccc7c8ccccc8n(-c8ccccc8)c67)s5)cccc43)n2)cc1. The molecule has 4 heterocycles. The second kappa shape index (κ2) is 12.7. The van der Waals surface area contributed by atoms with Crippen molar-refractivity contribution in [2.24, 2.45) is 0 Å². The Labute approximate surface area is 320 Å². The Bertz CT molecular complexity index is 3140. The van der Waals surface area contributed by atoms with Gasteiger partial charge in [0.05, 0.1) is 33.5 Å². The van der Waals surface area contributed by atoms with Gasteiger partial charge >= 0.3 is 0 Å². The van der Waals surface area contributed by atoms with Gasteiger partial charge in [0, 0.05) is 49.5 Å². The first kappa shape index (κ1) is 31.3. The first-order valence-electron chi connectivity index (χ1n) is 18.2. The van der Waals surface area contributed by atoms with Crippen LogP contribution in [0, 0.1) is 0 Å². The van der Waals surface area contributed by atoms with E-state index in [2.05, 4.69) is 155 Å². The smallest absolute Gasteiger partial charge is 0.235 e. The van der Waals surface area contributed by atoms with Crippen LogP contribution in [0.2, 0.25) is 0 Å². The van der Waals surface area contributed by atoms with Gasteiger partial charge in [-0.15, -0.1) is 10.2 Å². The van der Waals surface area contributed by atoms with Crippen molar-refractivity contribution in [3.05, 3.63) is 182 Å². The molecule has 0 aliphatic carbocycles. The zero-order valence-corrected chi connectivity index (χ0v) is 30.2. The first-order valence-corrected chi connectivity index (χ1v) is 19.1. The molecule has 0 amide bonds. The van der Waals surface area contributed by atoms with Gasteiger partial charge in [0.25, 0.3) is 0 Å². The highest BCUT2D eigenvalue weighted by Crippen LogP contribution is 2.43. The lowest BCUT2D eigenvalue weighted by atomic mass is 10.1. The van der Waals surface area contributed by atoms with Crippen LogP contribution in [0.3, 0.4) is 0 Å². The molecule has 0 spiro atoms. The Balaban J connectivity index is 1.12. The van der Waals surface area contributed by atoms with E-state index in [1.54, 1.807) is 11.3 Å². The average molecular weight is 723 g/mol. The number of hydrogen-bond donors (Lipinski definition) is 0. The van der Waals surface area contributed by atoms with Crippen LogP contribution in [0.1, 0.15) is 0 Å². The minimum Gasteiger partial charge on any atom is -0.309 e. The summed E-state index contributed by atoms with van der Waals surface area (Å²) in [6, 6.07) is 63.2. The molecule has 0 radical (unpaired) electrons. The van der Waals surface area contributed by atoms with Gasteiger partial charge in [-0.1, -0.05) is 151 Å². The quantitative estimate of drug-likeness (QED) is 0.171. The van der Waals surface area contributed by atoms with E-state index in [1.807, 2.05) is 36.4 Å². The van der Waals surface area contributed by atoms with E-state index in [9.17, 15) is 0 Å². The fourth-order valence-corrected chi connectivity index (χ4v) is 8.84. The summed E-state index contributed by atoms with van der Waals surface area (Å²) in [6.45, 7) is 0. The van der Waals surface area contributed by atoms with E-state index in [0.29, 0.717) is 5.95 Å². The van der Waals surface area contributed by atoms with Gasteiger partial charge in [-0.05, 0) is 42.5 Å². The monoisotopic (exact) mass is 722 g/mol. The van der Waals surface area contributed by atoms with Gasteiger partial charge in [-0.25, -0.2) is 9.97 Å². The maximum absolute atomic E-state index is 5.22.